The van der Waals surface area contributed by atoms with Crippen LogP contribution in [0.2, 0.25) is 0 Å². The van der Waals surface area contributed by atoms with Crippen LogP contribution in [0.1, 0.15) is 240 Å². The highest BCUT2D eigenvalue weighted by atomic mass is 15.1. The molecule has 0 aromatic heterocycles. The van der Waals surface area contributed by atoms with Gasteiger partial charge in [-0.15, -0.1) is 0 Å². The summed E-state index contributed by atoms with van der Waals surface area (Å²) in [5.41, 5.74) is 0. The van der Waals surface area contributed by atoms with E-state index in [-0.39, 0.29) is 0 Å². The first-order chi connectivity index (χ1) is 20.7. The summed E-state index contributed by atoms with van der Waals surface area (Å²) in [4.78, 5) is 2.85. The van der Waals surface area contributed by atoms with E-state index in [4.69, 9.17) is 0 Å². The molecule has 0 radical (unpaired) electrons. The molecule has 0 aromatic rings. The number of hydrogen-bond acceptors (Lipinski definition) is 1. The van der Waals surface area contributed by atoms with Crippen LogP contribution in [0.5, 0.6) is 0 Å². The summed E-state index contributed by atoms with van der Waals surface area (Å²) in [6, 6.07) is 0. The van der Waals surface area contributed by atoms with Crippen molar-refractivity contribution in [3.63, 3.8) is 0 Å². The van der Waals surface area contributed by atoms with Crippen LogP contribution in [-0.4, -0.2) is 24.5 Å². The van der Waals surface area contributed by atoms with Gasteiger partial charge in [-0.2, -0.15) is 0 Å². The molecule has 0 aromatic carbocycles. The maximum absolute atomic E-state index is 2.85. The van der Waals surface area contributed by atoms with Crippen LogP contribution < -0.4 is 0 Å². The van der Waals surface area contributed by atoms with Crippen molar-refractivity contribution in [2.45, 2.75) is 240 Å². The molecule has 0 amide bonds. The molecule has 0 bridgehead atoms. The molecule has 1 nitrogen and oxygen atoms in total. The van der Waals surface area contributed by atoms with E-state index in [1.165, 1.54) is 232 Å². The predicted molar refractivity (Wildman–Crippen MR) is 195 cm³/mol. The van der Waals surface area contributed by atoms with E-state index in [0.717, 1.165) is 5.92 Å². The average molecular weight is 592 g/mol. The molecule has 0 aliphatic carbocycles. The second-order valence-corrected chi connectivity index (χ2v) is 14.6. The lowest BCUT2D eigenvalue weighted by atomic mass is 10.0. The van der Waals surface area contributed by atoms with Crippen LogP contribution >= 0.6 is 0 Å². The van der Waals surface area contributed by atoms with Gasteiger partial charge in [0, 0.05) is 0 Å². The van der Waals surface area contributed by atoms with Gasteiger partial charge in [0.15, 0.2) is 0 Å². The summed E-state index contributed by atoms with van der Waals surface area (Å²) in [5, 5.41) is 0. The Morgan fingerprint density at radius 3 is 0.738 bits per heavy atom. The molecular weight excluding hydrogens is 506 g/mol. The quantitative estimate of drug-likeness (QED) is 0.0649. The minimum atomic E-state index is 0.877. The second-order valence-electron chi connectivity index (χ2n) is 14.6. The first-order valence-corrected chi connectivity index (χ1v) is 20.4. The maximum atomic E-state index is 2.85. The van der Waals surface area contributed by atoms with Gasteiger partial charge in [0.1, 0.15) is 0 Å². The van der Waals surface area contributed by atoms with Gasteiger partial charge < -0.3 is 4.90 Å². The highest BCUT2D eigenvalue weighted by molar-refractivity contribution is 4.61. The summed E-state index contributed by atoms with van der Waals surface area (Å²) >= 11 is 0. The van der Waals surface area contributed by atoms with Crippen molar-refractivity contribution in [3.05, 3.63) is 0 Å². The zero-order valence-corrected chi connectivity index (χ0v) is 30.5. The Morgan fingerprint density at radius 2 is 0.500 bits per heavy atom. The summed E-state index contributed by atoms with van der Waals surface area (Å²) in [6.07, 6.45) is 48.2. The Labute approximate surface area is 269 Å². The topological polar surface area (TPSA) is 3.24 Å². The van der Waals surface area contributed by atoms with Crippen molar-refractivity contribution in [3.8, 4) is 0 Å². The van der Waals surface area contributed by atoms with E-state index in [1.807, 2.05) is 0 Å². The van der Waals surface area contributed by atoms with Crippen molar-refractivity contribution in [2.75, 3.05) is 19.6 Å². The van der Waals surface area contributed by atoms with E-state index in [9.17, 15) is 0 Å². The molecule has 0 rings (SSSR count). The lowest BCUT2D eigenvalue weighted by Crippen LogP contribution is -2.27. The van der Waals surface area contributed by atoms with Gasteiger partial charge >= 0.3 is 0 Å². The summed E-state index contributed by atoms with van der Waals surface area (Å²) in [5.74, 6) is 0.877. The van der Waals surface area contributed by atoms with E-state index in [0.29, 0.717) is 0 Å². The molecule has 0 aliphatic rings. The summed E-state index contributed by atoms with van der Waals surface area (Å²) in [6.45, 7) is 13.5. The van der Waals surface area contributed by atoms with Gasteiger partial charge in [0.25, 0.3) is 0 Å². The predicted octanol–water partition coefficient (Wildman–Crippen LogP) is 14.9. The van der Waals surface area contributed by atoms with E-state index in [1.54, 1.807) is 0 Å². The van der Waals surface area contributed by atoms with Crippen LogP contribution in [0.4, 0.5) is 0 Å². The smallest absolute Gasteiger partial charge is 0.00187 e. The molecule has 0 unspecified atom stereocenters. The number of hydrogen-bond donors (Lipinski definition) is 0. The molecule has 0 spiro atoms. The third-order valence-electron chi connectivity index (χ3n) is 9.66. The zero-order chi connectivity index (χ0) is 30.6. The van der Waals surface area contributed by atoms with Gasteiger partial charge in [-0.05, 0) is 44.8 Å². The Bertz CT molecular complexity index is 426. The largest absolute Gasteiger partial charge is 0.303 e. The Morgan fingerprint density at radius 1 is 0.286 bits per heavy atom. The van der Waals surface area contributed by atoms with Gasteiger partial charge in [-0.25, -0.2) is 0 Å². The van der Waals surface area contributed by atoms with E-state index < -0.39 is 0 Å². The first-order valence-electron chi connectivity index (χ1n) is 20.4. The monoisotopic (exact) mass is 592 g/mol. The lowest BCUT2D eigenvalue weighted by molar-refractivity contribution is 0.253. The van der Waals surface area contributed by atoms with E-state index in [2.05, 4.69) is 32.6 Å². The molecular formula is C41H85N. The third kappa shape index (κ3) is 36.2. The third-order valence-corrected chi connectivity index (χ3v) is 9.66. The average Bonchev–Trinajstić information content (AvgIpc) is 2.98. The highest BCUT2D eigenvalue weighted by Gasteiger charge is 2.05. The summed E-state index contributed by atoms with van der Waals surface area (Å²) in [7, 11) is 0. The molecule has 254 valence electrons. The van der Waals surface area contributed by atoms with Crippen molar-refractivity contribution >= 4 is 0 Å². The molecule has 0 N–H and O–H groups in total. The number of unbranched alkanes of at least 4 members (excludes halogenated alkanes) is 29. The fourth-order valence-electron chi connectivity index (χ4n) is 6.64. The lowest BCUT2D eigenvalue weighted by Gasteiger charge is -2.22. The molecule has 0 fully saturated rings. The van der Waals surface area contributed by atoms with Crippen molar-refractivity contribution in [2.24, 2.45) is 5.92 Å². The molecule has 42 heavy (non-hydrogen) atoms. The molecule has 0 saturated carbocycles. The van der Waals surface area contributed by atoms with Gasteiger partial charge in [-0.3, -0.25) is 0 Å². The zero-order valence-electron chi connectivity index (χ0n) is 30.5. The fraction of sp³-hybridized carbons (Fsp3) is 1.00. The summed E-state index contributed by atoms with van der Waals surface area (Å²) < 4.78 is 0. The van der Waals surface area contributed by atoms with Crippen molar-refractivity contribution in [1.82, 2.24) is 4.90 Å². The highest BCUT2D eigenvalue weighted by Crippen LogP contribution is 2.16. The molecule has 0 aliphatic heterocycles. The molecule has 0 heterocycles. The number of nitrogens with zero attached hydrogens (tertiary/aromatic N) is 1. The first kappa shape index (κ1) is 42.0. The van der Waals surface area contributed by atoms with Gasteiger partial charge in [-0.1, -0.05) is 220 Å². The molecule has 1 heteroatoms. The van der Waals surface area contributed by atoms with Crippen LogP contribution in [0, 0.1) is 5.92 Å². The Kier molecular flexibility index (Phi) is 37.1. The minimum absolute atomic E-state index is 0.877. The second kappa shape index (κ2) is 37.1. The SMILES string of the molecule is CCCCCCCCCCCCCCCCN(CCCCCCCCCCCCCCCC)CCCCCCC(C)C. The van der Waals surface area contributed by atoms with Crippen LogP contribution in [0.3, 0.4) is 0 Å². The van der Waals surface area contributed by atoms with Crippen LogP contribution in [-0.2, 0) is 0 Å². The standard InChI is InChI=1S/C41H85N/c1-5-7-9-11-13-15-17-19-21-23-25-27-30-34-38-42(40-36-32-29-33-37-41(3)4)39-35-31-28-26-24-22-20-18-16-14-12-10-8-6-2/h41H,5-40H2,1-4H3. The number of rotatable bonds is 37. The Hall–Kier alpha value is -0.0400. The maximum Gasteiger partial charge on any atom is -0.00187 e. The molecule has 0 saturated heterocycles. The van der Waals surface area contributed by atoms with Gasteiger partial charge in [0.2, 0.25) is 0 Å². The normalized spacial score (nSPS) is 11.9. The van der Waals surface area contributed by atoms with Crippen molar-refractivity contribution < 1.29 is 0 Å². The van der Waals surface area contributed by atoms with Crippen molar-refractivity contribution in [1.29, 1.82) is 0 Å². The van der Waals surface area contributed by atoms with Crippen LogP contribution in [0.25, 0.3) is 0 Å². The molecule has 0 atom stereocenters. The van der Waals surface area contributed by atoms with Crippen LogP contribution in [0.15, 0.2) is 0 Å². The Balaban J connectivity index is 3.80. The van der Waals surface area contributed by atoms with E-state index >= 15 is 0 Å². The minimum Gasteiger partial charge on any atom is -0.303 e. The fourth-order valence-corrected chi connectivity index (χ4v) is 6.64. The van der Waals surface area contributed by atoms with Gasteiger partial charge in [0.05, 0.1) is 0 Å².